The molecule has 9 heteroatoms. The van der Waals surface area contributed by atoms with E-state index in [1.165, 1.54) is 11.8 Å². The van der Waals surface area contributed by atoms with Gasteiger partial charge in [-0.1, -0.05) is 30.3 Å². The fraction of sp³-hybridized carbons (Fsp3) is 0.0968. The van der Waals surface area contributed by atoms with Crippen LogP contribution in [0.1, 0.15) is 22.8 Å². The molecule has 0 saturated heterocycles. The van der Waals surface area contributed by atoms with Crippen LogP contribution in [-0.4, -0.2) is 35.1 Å². The molecule has 0 spiro atoms. The van der Waals surface area contributed by atoms with Crippen LogP contribution in [0.5, 0.6) is 5.75 Å². The standard InChI is InChI=1S/C31H28N4O4S/c1-2-39-26-15-13-24(14-16-26)33-29(36)21-40-27-12-6-11-25(19-27)34-31(38)28(18-22-8-7-17-32-20-22)35-30(37)23-9-4-3-5-10-23/h3-20H,2,21H2,1H3,(H,33,36)(H,34,38)(H,35,37)/b28-18-. The number of hydrogen-bond donors (Lipinski definition) is 3. The third kappa shape index (κ3) is 8.57. The van der Waals surface area contributed by atoms with Crippen LogP contribution in [0.2, 0.25) is 0 Å². The molecular weight excluding hydrogens is 524 g/mol. The van der Waals surface area contributed by atoms with E-state index in [4.69, 9.17) is 4.74 Å². The van der Waals surface area contributed by atoms with Crippen molar-refractivity contribution in [2.75, 3.05) is 23.0 Å². The van der Waals surface area contributed by atoms with Crippen LogP contribution in [0.4, 0.5) is 11.4 Å². The zero-order valence-corrected chi connectivity index (χ0v) is 22.6. The van der Waals surface area contributed by atoms with Crippen molar-refractivity contribution in [1.82, 2.24) is 10.3 Å². The summed E-state index contributed by atoms with van der Waals surface area (Å²) in [6.45, 7) is 2.49. The van der Waals surface area contributed by atoms with Gasteiger partial charge in [-0.15, -0.1) is 11.8 Å². The average molecular weight is 553 g/mol. The van der Waals surface area contributed by atoms with Gasteiger partial charge >= 0.3 is 0 Å². The molecule has 3 amide bonds. The molecule has 0 aliphatic carbocycles. The van der Waals surface area contributed by atoms with Gasteiger partial charge in [-0.05, 0) is 79.2 Å². The Morgan fingerprint density at radius 2 is 1.68 bits per heavy atom. The van der Waals surface area contributed by atoms with Gasteiger partial charge in [0.2, 0.25) is 5.91 Å². The Bertz CT molecular complexity index is 1480. The first kappa shape index (κ1) is 28.1. The molecule has 3 N–H and O–H groups in total. The summed E-state index contributed by atoms with van der Waals surface area (Å²) >= 11 is 1.34. The molecule has 0 saturated carbocycles. The number of benzene rings is 3. The summed E-state index contributed by atoms with van der Waals surface area (Å²) in [5.74, 6) is -0.137. The van der Waals surface area contributed by atoms with Crippen LogP contribution in [0, 0.1) is 0 Å². The van der Waals surface area contributed by atoms with Crippen molar-refractivity contribution < 1.29 is 19.1 Å². The summed E-state index contributed by atoms with van der Waals surface area (Å²) in [4.78, 5) is 43.3. The predicted molar refractivity (Wildman–Crippen MR) is 158 cm³/mol. The molecule has 0 unspecified atom stereocenters. The topological polar surface area (TPSA) is 109 Å². The third-order valence-corrected chi connectivity index (χ3v) is 6.43. The van der Waals surface area contributed by atoms with Gasteiger partial charge in [0, 0.05) is 34.2 Å². The van der Waals surface area contributed by atoms with Gasteiger partial charge in [-0.2, -0.15) is 0 Å². The van der Waals surface area contributed by atoms with Gasteiger partial charge in [-0.3, -0.25) is 19.4 Å². The number of amides is 3. The Morgan fingerprint density at radius 3 is 2.40 bits per heavy atom. The molecule has 40 heavy (non-hydrogen) atoms. The van der Waals surface area contributed by atoms with Crippen LogP contribution < -0.4 is 20.7 Å². The number of nitrogens with zero attached hydrogens (tertiary/aromatic N) is 1. The van der Waals surface area contributed by atoms with E-state index in [0.29, 0.717) is 29.1 Å². The smallest absolute Gasteiger partial charge is 0.272 e. The molecule has 4 rings (SSSR count). The summed E-state index contributed by atoms with van der Waals surface area (Å²) in [7, 11) is 0. The number of nitrogens with one attached hydrogen (secondary N) is 3. The van der Waals surface area contributed by atoms with Crippen LogP contribution in [-0.2, 0) is 9.59 Å². The van der Waals surface area contributed by atoms with E-state index in [1.807, 2.05) is 19.1 Å². The maximum atomic E-state index is 13.2. The highest BCUT2D eigenvalue weighted by atomic mass is 32.2. The summed E-state index contributed by atoms with van der Waals surface area (Å²) in [5.41, 5.74) is 2.35. The van der Waals surface area contributed by atoms with E-state index in [0.717, 1.165) is 10.6 Å². The molecular formula is C31H28N4O4S. The number of thioether (sulfide) groups is 1. The lowest BCUT2D eigenvalue weighted by molar-refractivity contribution is -0.114. The van der Waals surface area contributed by atoms with Crippen molar-refractivity contribution in [2.45, 2.75) is 11.8 Å². The van der Waals surface area contributed by atoms with Crippen LogP contribution in [0.25, 0.3) is 6.08 Å². The second-order valence-corrected chi connectivity index (χ2v) is 9.49. The number of carbonyl (C=O) groups is 3. The largest absolute Gasteiger partial charge is 0.494 e. The van der Waals surface area contributed by atoms with Crippen molar-refractivity contribution in [3.8, 4) is 5.75 Å². The molecule has 0 bridgehead atoms. The number of pyridine rings is 1. The SMILES string of the molecule is CCOc1ccc(NC(=O)CSc2cccc(NC(=O)/C(=C/c3cccnc3)NC(=O)c3ccccc3)c2)cc1. The first-order chi connectivity index (χ1) is 19.5. The van der Waals surface area contributed by atoms with E-state index < -0.39 is 11.8 Å². The molecule has 1 aromatic heterocycles. The summed E-state index contributed by atoms with van der Waals surface area (Å²) < 4.78 is 5.42. The van der Waals surface area contributed by atoms with Crippen molar-refractivity contribution in [3.05, 3.63) is 120 Å². The van der Waals surface area contributed by atoms with Gasteiger partial charge in [0.15, 0.2) is 0 Å². The highest BCUT2D eigenvalue weighted by molar-refractivity contribution is 8.00. The lowest BCUT2D eigenvalue weighted by Crippen LogP contribution is -2.30. The highest BCUT2D eigenvalue weighted by Gasteiger charge is 2.15. The monoisotopic (exact) mass is 552 g/mol. The van der Waals surface area contributed by atoms with Crippen LogP contribution in [0.3, 0.4) is 0 Å². The molecule has 202 valence electrons. The van der Waals surface area contributed by atoms with Crippen molar-refractivity contribution in [2.24, 2.45) is 0 Å². The Balaban J connectivity index is 1.39. The minimum Gasteiger partial charge on any atom is -0.494 e. The second-order valence-electron chi connectivity index (χ2n) is 8.44. The van der Waals surface area contributed by atoms with Gasteiger partial charge in [0.25, 0.3) is 11.8 Å². The van der Waals surface area contributed by atoms with Gasteiger partial charge in [0.1, 0.15) is 11.4 Å². The first-order valence-electron chi connectivity index (χ1n) is 12.5. The fourth-order valence-electron chi connectivity index (χ4n) is 3.58. The Morgan fingerprint density at radius 1 is 0.875 bits per heavy atom. The number of hydrogen-bond acceptors (Lipinski definition) is 6. The Labute approximate surface area is 236 Å². The minimum atomic E-state index is -0.497. The number of anilines is 2. The van der Waals surface area contributed by atoms with Crippen LogP contribution >= 0.6 is 11.8 Å². The van der Waals surface area contributed by atoms with Crippen LogP contribution in [0.15, 0.2) is 114 Å². The molecule has 0 aliphatic rings. The van der Waals surface area contributed by atoms with E-state index in [9.17, 15) is 14.4 Å². The second kappa shape index (κ2) is 14.3. The number of ether oxygens (including phenoxy) is 1. The number of carbonyl (C=O) groups excluding carboxylic acids is 3. The molecule has 8 nitrogen and oxygen atoms in total. The molecule has 0 aliphatic heterocycles. The summed E-state index contributed by atoms with van der Waals surface area (Å²) in [6, 6.07) is 26.5. The zero-order chi connectivity index (χ0) is 28.2. The van der Waals surface area contributed by atoms with Crippen molar-refractivity contribution in [1.29, 1.82) is 0 Å². The quantitative estimate of drug-likeness (QED) is 0.165. The Kier molecular flexibility index (Phi) is 10.1. The number of rotatable bonds is 11. The maximum Gasteiger partial charge on any atom is 0.272 e. The normalized spacial score (nSPS) is 10.9. The third-order valence-electron chi connectivity index (χ3n) is 5.44. The molecule has 4 aromatic rings. The summed E-state index contributed by atoms with van der Waals surface area (Å²) in [5, 5.41) is 8.40. The lowest BCUT2D eigenvalue weighted by atomic mass is 10.2. The first-order valence-corrected chi connectivity index (χ1v) is 13.5. The molecule has 0 radical (unpaired) electrons. The van der Waals surface area contributed by atoms with Crippen molar-refractivity contribution >= 4 is 46.9 Å². The van der Waals surface area contributed by atoms with E-state index in [1.54, 1.807) is 97.3 Å². The van der Waals surface area contributed by atoms with E-state index in [-0.39, 0.29) is 17.4 Å². The van der Waals surface area contributed by atoms with Gasteiger partial charge in [-0.25, -0.2) is 0 Å². The minimum absolute atomic E-state index is 0.0645. The van der Waals surface area contributed by atoms with E-state index in [2.05, 4.69) is 20.9 Å². The van der Waals surface area contributed by atoms with E-state index >= 15 is 0 Å². The average Bonchev–Trinajstić information content (AvgIpc) is 2.98. The lowest BCUT2D eigenvalue weighted by Gasteiger charge is -2.12. The molecule has 0 atom stereocenters. The highest BCUT2D eigenvalue weighted by Crippen LogP contribution is 2.23. The summed E-state index contributed by atoms with van der Waals surface area (Å²) in [6.07, 6.45) is 4.78. The number of aromatic nitrogens is 1. The van der Waals surface area contributed by atoms with Crippen molar-refractivity contribution in [3.63, 3.8) is 0 Å². The fourth-order valence-corrected chi connectivity index (χ4v) is 4.33. The molecule has 1 heterocycles. The zero-order valence-electron chi connectivity index (χ0n) is 21.8. The van der Waals surface area contributed by atoms with Gasteiger partial charge in [0.05, 0.1) is 12.4 Å². The maximum absolute atomic E-state index is 13.2. The molecule has 0 fully saturated rings. The molecule has 3 aromatic carbocycles. The van der Waals surface area contributed by atoms with Gasteiger partial charge < -0.3 is 20.7 Å². The predicted octanol–water partition coefficient (Wildman–Crippen LogP) is 5.62. The Hall–Kier alpha value is -4.89.